The fourth-order valence-corrected chi connectivity index (χ4v) is 5.76. The van der Waals surface area contributed by atoms with Crippen LogP contribution in [-0.4, -0.2) is 79.0 Å². The molecule has 9 nitrogen and oxygen atoms in total. The van der Waals surface area contributed by atoms with Crippen molar-refractivity contribution in [2.45, 2.75) is 77.4 Å². The van der Waals surface area contributed by atoms with E-state index in [-0.39, 0.29) is 43.4 Å². The molecule has 0 aliphatic carbocycles. The number of hydrogen-bond acceptors (Lipinski definition) is 5. The number of carbonyl (C=O) groups is 3. The maximum absolute atomic E-state index is 15.3. The van der Waals surface area contributed by atoms with E-state index in [1.54, 1.807) is 11.0 Å². The molecule has 2 aromatic rings. The molecule has 4 rings (SSSR count). The highest BCUT2D eigenvalue weighted by Crippen LogP contribution is 2.36. The van der Waals surface area contributed by atoms with Crippen molar-refractivity contribution in [3.05, 3.63) is 30.2 Å². The van der Waals surface area contributed by atoms with Crippen molar-refractivity contribution in [3.63, 3.8) is 0 Å². The summed E-state index contributed by atoms with van der Waals surface area (Å²) in [6.45, 7) is 13.8. The molecule has 0 radical (unpaired) electrons. The number of likely N-dealkylation sites (tertiary alicyclic amines) is 1. The second-order valence-corrected chi connectivity index (χ2v) is 18.2. The maximum atomic E-state index is 15.3. The molecule has 3 heterocycles. The Kier molecular flexibility index (Phi) is 8.41. The van der Waals surface area contributed by atoms with E-state index in [4.69, 9.17) is 9.47 Å². The van der Waals surface area contributed by atoms with Crippen LogP contribution in [0.25, 0.3) is 10.9 Å². The number of carbonyl (C=O) groups excluding carboxylic acids is 3. The topological polar surface area (TPSA) is 84.3 Å². The number of anilines is 1. The molecule has 214 valence electrons. The van der Waals surface area contributed by atoms with Crippen LogP contribution in [0.5, 0.6) is 0 Å². The summed E-state index contributed by atoms with van der Waals surface area (Å²) in [5, 5.41) is 0.617. The minimum Gasteiger partial charge on any atom is -0.444 e. The molecule has 2 aliphatic heterocycles. The molecule has 0 unspecified atom stereocenters. The highest BCUT2D eigenvalue weighted by atomic mass is 28.3. The Balaban J connectivity index is 1.50. The van der Waals surface area contributed by atoms with E-state index in [2.05, 4.69) is 24.2 Å². The van der Waals surface area contributed by atoms with Crippen LogP contribution in [0.1, 0.15) is 46.1 Å². The summed E-state index contributed by atoms with van der Waals surface area (Å²) in [4.78, 5) is 42.6. The molecule has 1 aromatic carbocycles. The van der Waals surface area contributed by atoms with Crippen LogP contribution in [0.3, 0.4) is 0 Å². The predicted molar refractivity (Wildman–Crippen MR) is 151 cm³/mol. The number of urea groups is 1. The summed E-state index contributed by atoms with van der Waals surface area (Å²) in [7, 11) is -1.31. The van der Waals surface area contributed by atoms with Gasteiger partial charge in [-0.25, -0.2) is 18.9 Å². The summed E-state index contributed by atoms with van der Waals surface area (Å²) in [5.41, 5.74) is 0.448. The number of aromatic nitrogens is 1. The van der Waals surface area contributed by atoms with Crippen LogP contribution in [0.2, 0.25) is 25.7 Å². The van der Waals surface area contributed by atoms with Crippen LogP contribution >= 0.6 is 0 Å². The number of fused-ring (bicyclic) bond motifs is 1. The quantitative estimate of drug-likeness (QED) is 0.315. The fraction of sp³-hybridized carbons (Fsp3) is 0.607. The van der Waals surface area contributed by atoms with E-state index in [9.17, 15) is 14.4 Å². The van der Waals surface area contributed by atoms with Gasteiger partial charge in [0.2, 0.25) is 5.91 Å². The van der Waals surface area contributed by atoms with Crippen molar-refractivity contribution in [2.75, 3.05) is 37.9 Å². The van der Waals surface area contributed by atoms with Crippen molar-refractivity contribution >= 4 is 42.7 Å². The first-order chi connectivity index (χ1) is 18.2. The molecule has 39 heavy (non-hydrogen) atoms. The van der Waals surface area contributed by atoms with Gasteiger partial charge in [0.05, 0.1) is 11.2 Å². The van der Waals surface area contributed by atoms with Crippen molar-refractivity contribution in [2.24, 2.45) is 0 Å². The van der Waals surface area contributed by atoms with E-state index in [0.29, 0.717) is 25.1 Å². The van der Waals surface area contributed by atoms with Crippen molar-refractivity contribution < 1.29 is 28.2 Å². The SMILES string of the molecule is CC(C)(C)OC(=O)N1CCC(n2ccc3c(N4CCC(=O)N(COCC[Si](C)(C)C)C4=O)c(F)ccc32)CC1. The standard InChI is InChI=1S/C28H41FN4O5Si/c1-28(2,3)38-27(36)30-13-9-20(10-14-30)31-15-11-21-23(31)8-7-22(29)25(21)32-16-12-24(34)33(26(32)35)19-37-17-18-39(4,5)6/h7-8,11,15,20H,9-10,12-14,16-19H2,1-6H3. The Hall–Kier alpha value is -2.92. The number of piperidine rings is 1. The Labute approximate surface area is 230 Å². The van der Waals surface area contributed by atoms with Crippen LogP contribution in [0, 0.1) is 5.82 Å². The third kappa shape index (κ3) is 6.81. The first kappa shape index (κ1) is 29.1. The largest absolute Gasteiger partial charge is 0.444 e. The molecule has 0 bridgehead atoms. The van der Waals surface area contributed by atoms with Crippen LogP contribution in [0.15, 0.2) is 24.4 Å². The van der Waals surface area contributed by atoms with Gasteiger partial charge in [-0.15, -0.1) is 0 Å². The molecule has 11 heteroatoms. The van der Waals surface area contributed by atoms with E-state index >= 15 is 4.39 Å². The van der Waals surface area contributed by atoms with Gasteiger partial charge >= 0.3 is 12.1 Å². The van der Waals surface area contributed by atoms with Gasteiger partial charge in [-0.1, -0.05) is 19.6 Å². The minimum atomic E-state index is -1.31. The summed E-state index contributed by atoms with van der Waals surface area (Å²) in [6, 6.07) is 5.41. The van der Waals surface area contributed by atoms with Crippen molar-refractivity contribution in [1.29, 1.82) is 0 Å². The first-order valence-electron chi connectivity index (χ1n) is 13.7. The number of ether oxygens (including phenoxy) is 2. The summed E-state index contributed by atoms with van der Waals surface area (Å²) in [5.74, 6) is -0.826. The van der Waals surface area contributed by atoms with E-state index < -0.39 is 25.5 Å². The van der Waals surface area contributed by atoms with E-state index in [0.717, 1.165) is 29.3 Å². The third-order valence-corrected chi connectivity index (χ3v) is 8.84. The number of nitrogens with zero attached hydrogens (tertiary/aromatic N) is 4. The van der Waals surface area contributed by atoms with Gasteiger partial charge in [-0.05, 0) is 57.9 Å². The second-order valence-electron chi connectivity index (χ2n) is 12.6. The second kappa shape index (κ2) is 11.3. The molecule has 2 aliphatic rings. The molecule has 4 amide bonds. The number of imide groups is 1. The van der Waals surface area contributed by atoms with Gasteiger partial charge in [0, 0.05) is 58.4 Å². The molecule has 0 atom stereocenters. The number of hydrogen-bond donors (Lipinski definition) is 0. The molecule has 0 saturated carbocycles. The van der Waals surface area contributed by atoms with Crippen LogP contribution < -0.4 is 4.90 Å². The molecular weight excluding hydrogens is 519 g/mol. The first-order valence-corrected chi connectivity index (χ1v) is 17.4. The smallest absolute Gasteiger partial charge is 0.410 e. The lowest BCUT2D eigenvalue weighted by molar-refractivity contribution is -0.133. The zero-order valence-corrected chi connectivity index (χ0v) is 25.0. The van der Waals surface area contributed by atoms with Gasteiger partial charge in [-0.2, -0.15) is 0 Å². The lowest BCUT2D eigenvalue weighted by atomic mass is 10.0. The highest BCUT2D eigenvalue weighted by molar-refractivity contribution is 6.76. The Morgan fingerprint density at radius 3 is 2.41 bits per heavy atom. The van der Waals surface area contributed by atoms with E-state index in [1.165, 1.54) is 11.0 Å². The Morgan fingerprint density at radius 2 is 1.77 bits per heavy atom. The molecule has 0 spiro atoms. The highest BCUT2D eigenvalue weighted by Gasteiger charge is 2.36. The number of amides is 4. The molecule has 1 aromatic heterocycles. The maximum Gasteiger partial charge on any atom is 0.410 e. The van der Waals surface area contributed by atoms with Gasteiger partial charge in [-0.3, -0.25) is 9.69 Å². The number of benzene rings is 1. The molecule has 2 fully saturated rings. The van der Waals surface area contributed by atoms with Gasteiger partial charge in [0.15, 0.2) is 0 Å². The van der Waals surface area contributed by atoms with E-state index in [1.807, 2.05) is 33.0 Å². The average molecular weight is 561 g/mol. The summed E-state index contributed by atoms with van der Waals surface area (Å²) in [6.07, 6.45) is 3.17. The van der Waals surface area contributed by atoms with Crippen molar-refractivity contribution in [3.8, 4) is 0 Å². The van der Waals surface area contributed by atoms with Crippen LogP contribution in [-0.2, 0) is 14.3 Å². The van der Waals surface area contributed by atoms with Crippen LogP contribution in [0.4, 0.5) is 19.7 Å². The molecular formula is C28H41FN4O5Si. The minimum absolute atomic E-state index is 0.1000. The Morgan fingerprint density at radius 1 is 1.08 bits per heavy atom. The lowest BCUT2D eigenvalue weighted by Gasteiger charge is -2.35. The predicted octanol–water partition coefficient (Wildman–Crippen LogP) is 5.82. The lowest BCUT2D eigenvalue weighted by Crippen LogP contribution is -2.53. The molecule has 2 saturated heterocycles. The molecule has 0 N–H and O–H groups in total. The zero-order chi connectivity index (χ0) is 28.5. The van der Waals surface area contributed by atoms with Gasteiger partial charge in [0.25, 0.3) is 0 Å². The zero-order valence-electron chi connectivity index (χ0n) is 24.0. The normalized spacial score (nSPS) is 17.9. The average Bonchev–Trinajstić information content (AvgIpc) is 3.26. The van der Waals surface area contributed by atoms with Gasteiger partial charge < -0.3 is 18.9 Å². The number of halogens is 1. The van der Waals surface area contributed by atoms with Crippen molar-refractivity contribution in [1.82, 2.24) is 14.4 Å². The summed E-state index contributed by atoms with van der Waals surface area (Å²) < 4.78 is 28.6. The summed E-state index contributed by atoms with van der Waals surface area (Å²) >= 11 is 0. The Bertz CT molecular complexity index is 1230. The number of rotatable bonds is 7. The van der Waals surface area contributed by atoms with Gasteiger partial charge in [0.1, 0.15) is 18.1 Å². The fourth-order valence-electron chi connectivity index (χ4n) is 5.00. The third-order valence-electron chi connectivity index (χ3n) is 7.13. The monoisotopic (exact) mass is 560 g/mol.